The molecular weight excluding hydrogens is 372 g/mol. The van der Waals surface area contributed by atoms with E-state index in [1.807, 2.05) is 12.1 Å². The van der Waals surface area contributed by atoms with E-state index in [4.69, 9.17) is 4.74 Å². The lowest BCUT2D eigenvalue weighted by molar-refractivity contribution is -0.135. The first-order valence-electron chi connectivity index (χ1n) is 8.91. The maximum absolute atomic E-state index is 13.2. The third-order valence-corrected chi connectivity index (χ3v) is 5.26. The topological polar surface area (TPSA) is 84.7 Å². The predicted octanol–water partition coefficient (Wildman–Crippen LogP) is 2.18. The summed E-state index contributed by atoms with van der Waals surface area (Å²) in [6, 6.07) is 7.33. The fourth-order valence-corrected chi connectivity index (χ4v) is 3.59. The van der Waals surface area contributed by atoms with Crippen molar-refractivity contribution in [3.05, 3.63) is 46.8 Å². The lowest BCUT2D eigenvalue weighted by Crippen LogP contribution is -2.38. The van der Waals surface area contributed by atoms with Crippen LogP contribution in [0, 0.1) is 5.92 Å². The van der Waals surface area contributed by atoms with Crippen molar-refractivity contribution in [2.24, 2.45) is 5.92 Å². The summed E-state index contributed by atoms with van der Waals surface area (Å²) in [4.78, 5) is 25.2. The number of aromatic carboxylic acids is 1. The average Bonchev–Trinajstić information content (AvgIpc) is 3.17. The number of carboxylic acids is 1. The van der Waals surface area contributed by atoms with E-state index in [2.05, 4.69) is 5.10 Å². The maximum atomic E-state index is 13.2. The van der Waals surface area contributed by atoms with E-state index in [1.54, 1.807) is 23.9 Å². The third-order valence-electron chi connectivity index (χ3n) is 5.26. The number of carbonyl (C=O) groups excluding carboxylic acids is 1. The lowest BCUT2D eigenvalue weighted by atomic mass is 10.0. The molecule has 1 aromatic carbocycles. The number of hydrogen-bond donors (Lipinski definition) is 1. The summed E-state index contributed by atoms with van der Waals surface area (Å²) in [5, 5.41) is 13.7. The smallest absolute Gasteiger partial charge is 0.356 e. The largest absolute Gasteiger partial charge is 0.497 e. The Morgan fingerprint density at radius 3 is 2.57 bits per heavy atom. The zero-order valence-corrected chi connectivity index (χ0v) is 15.2. The van der Waals surface area contributed by atoms with E-state index in [9.17, 15) is 23.5 Å². The molecule has 2 aromatic rings. The minimum absolute atomic E-state index is 0.00894. The van der Waals surface area contributed by atoms with Crippen LogP contribution < -0.4 is 4.74 Å². The van der Waals surface area contributed by atoms with Gasteiger partial charge in [0, 0.05) is 37.2 Å². The molecule has 2 aliphatic rings. The highest BCUT2D eigenvalue weighted by Gasteiger charge is 2.62. The molecule has 1 aromatic heterocycles. The van der Waals surface area contributed by atoms with Crippen molar-refractivity contribution < 1.29 is 28.2 Å². The second-order valence-electron chi connectivity index (χ2n) is 7.11. The Morgan fingerprint density at radius 1 is 1.32 bits per heavy atom. The number of rotatable bonds is 5. The third kappa shape index (κ3) is 3.21. The van der Waals surface area contributed by atoms with Gasteiger partial charge in [-0.1, -0.05) is 12.1 Å². The molecule has 1 fully saturated rings. The maximum Gasteiger partial charge on any atom is 0.356 e. The van der Waals surface area contributed by atoms with Crippen molar-refractivity contribution in [1.29, 1.82) is 0 Å². The van der Waals surface area contributed by atoms with Crippen LogP contribution in [0.25, 0.3) is 0 Å². The van der Waals surface area contributed by atoms with Gasteiger partial charge < -0.3 is 14.7 Å². The number of amides is 1. The van der Waals surface area contributed by atoms with Gasteiger partial charge in [-0.3, -0.25) is 9.48 Å². The molecule has 0 saturated heterocycles. The highest BCUT2D eigenvalue weighted by Crippen LogP contribution is 2.49. The molecule has 1 unspecified atom stereocenters. The number of alkyl halides is 2. The molecule has 9 heteroatoms. The SMILES string of the molecule is COc1ccc(Cn2nc(C(=O)O)c3c2CCN(C(=O)C2CC2(F)F)C3)cc1. The zero-order chi connectivity index (χ0) is 20.1. The summed E-state index contributed by atoms with van der Waals surface area (Å²) in [5.74, 6) is -5.32. The molecule has 1 amide bonds. The fourth-order valence-electron chi connectivity index (χ4n) is 3.59. The van der Waals surface area contributed by atoms with Crippen LogP contribution in [-0.2, 0) is 24.3 Å². The van der Waals surface area contributed by atoms with Crippen LogP contribution in [0.1, 0.15) is 33.7 Å². The van der Waals surface area contributed by atoms with Gasteiger partial charge in [-0.2, -0.15) is 5.10 Å². The summed E-state index contributed by atoms with van der Waals surface area (Å²) in [6.07, 6.45) is -0.0620. The van der Waals surface area contributed by atoms with E-state index >= 15 is 0 Å². The summed E-state index contributed by atoms with van der Waals surface area (Å²) >= 11 is 0. The number of methoxy groups -OCH3 is 1. The molecular formula is C19H19F2N3O4. The molecule has 4 rings (SSSR count). The highest BCUT2D eigenvalue weighted by atomic mass is 19.3. The molecule has 0 spiro atoms. The van der Waals surface area contributed by atoms with Gasteiger partial charge in [0.05, 0.1) is 13.7 Å². The van der Waals surface area contributed by atoms with Crippen LogP contribution >= 0.6 is 0 Å². The molecule has 2 heterocycles. The van der Waals surface area contributed by atoms with E-state index < -0.39 is 30.1 Å². The van der Waals surface area contributed by atoms with Crippen LogP contribution in [-0.4, -0.2) is 51.2 Å². The van der Waals surface area contributed by atoms with Crippen molar-refractivity contribution in [2.75, 3.05) is 13.7 Å². The van der Waals surface area contributed by atoms with E-state index in [0.29, 0.717) is 24.3 Å². The second kappa shape index (κ2) is 6.57. The number of benzene rings is 1. The van der Waals surface area contributed by atoms with E-state index in [-0.39, 0.29) is 18.8 Å². The molecule has 1 atom stereocenters. The van der Waals surface area contributed by atoms with Crippen LogP contribution in [0.2, 0.25) is 0 Å². The molecule has 0 radical (unpaired) electrons. The van der Waals surface area contributed by atoms with E-state index in [1.165, 1.54) is 4.90 Å². The first-order valence-corrected chi connectivity index (χ1v) is 8.91. The first-order chi connectivity index (χ1) is 13.3. The molecule has 28 heavy (non-hydrogen) atoms. The van der Waals surface area contributed by atoms with Gasteiger partial charge in [0.15, 0.2) is 5.69 Å². The van der Waals surface area contributed by atoms with Crippen molar-refractivity contribution in [1.82, 2.24) is 14.7 Å². The zero-order valence-electron chi connectivity index (χ0n) is 15.2. The number of fused-ring (bicyclic) bond motifs is 1. The molecule has 1 aliphatic heterocycles. The summed E-state index contributed by atoms with van der Waals surface area (Å²) < 4.78 is 33.2. The minimum Gasteiger partial charge on any atom is -0.497 e. The normalized spacial score (nSPS) is 19.8. The molecule has 1 aliphatic carbocycles. The van der Waals surface area contributed by atoms with Crippen LogP contribution in [0.3, 0.4) is 0 Å². The van der Waals surface area contributed by atoms with Gasteiger partial charge in [0.2, 0.25) is 5.91 Å². The van der Waals surface area contributed by atoms with Crippen molar-refractivity contribution >= 4 is 11.9 Å². The second-order valence-corrected chi connectivity index (χ2v) is 7.11. The Balaban J connectivity index is 1.59. The summed E-state index contributed by atoms with van der Waals surface area (Å²) in [5.41, 5.74) is 1.92. The van der Waals surface area contributed by atoms with Gasteiger partial charge in [0.25, 0.3) is 5.92 Å². The molecule has 1 saturated carbocycles. The van der Waals surface area contributed by atoms with E-state index in [0.717, 1.165) is 11.3 Å². The number of carbonyl (C=O) groups is 2. The van der Waals surface area contributed by atoms with Crippen molar-refractivity contribution in [3.63, 3.8) is 0 Å². The molecule has 1 N–H and O–H groups in total. The van der Waals surface area contributed by atoms with Crippen molar-refractivity contribution in [2.45, 2.75) is 31.9 Å². The number of nitrogens with zero attached hydrogens (tertiary/aromatic N) is 3. The van der Waals surface area contributed by atoms with Gasteiger partial charge in [0.1, 0.15) is 11.7 Å². The van der Waals surface area contributed by atoms with Crippen LogP contribution in [0.5, 0.6) is 5.75 Å². The quantitative estimate of drug-likeness (QED) is 0.845. The van der Waals surface area contributed by atoms with Crippen molar-refractivity contribution in [3.8, 4) is 5.75 Å². The highest BCUT2D eigenvalue weighted by molar-refractivity contribution is 5.88. The summed E-state index contributed by atoms with van der Waals surface area (Å²) in [6.45, 7) is 0.630. The predicted molar refractivity (Wildman–Crippen MR) is 93.5 cm³/mol. The Hall–Kier alpha value is -2.97. The molecule has 148 valence electrons. The number of aromatic nitrogens is 2. The number of halogens is 2. The van der Waals surface area contributed by atoms with Gasteiger partial charge in [-0.05, 0) is 17.7 Å². The van der Waals surface area contributed by atoms with Gasteiger partial charge in [-0.25, -0.2) is 13.6 Å². The Labute approximate surface area is 159 Å². The van der Waals surface area contributed by atoms with Gasteiger partial charge in [-0.15, -0.1) is 0 Å². The van der Waals surface area contributed by atoms with Crippen LogP contribution in [0.4, 0.5) is 8.78 Å². The standard InChI is InChI=1S/C19H19F2N3O4/c1-28-12-4-2-11(3-5-12)9-24-15-6-7-23(17(25)14-8-19(14,20)21)10-13(15)16(22-24)18(26)27/h2-5,14H,6-10H2,1H3,(H,26,27). The lowest BCUT2D eigenvalue weighted by Gasteiger charge is -2.28. The average molecular weight is 391 g/mol. The number of hydrogen-bond acceptors (Lipinski definition) is 4. The summed E-state index contributed by atoms with van der Waals surface area (Å²) in [7, 11) is 1.57. The Kier molecular flexibility index (Phi) is 4.32. The molecule has 0 bridgehead atoms. The minimum atomic E-state index is -2.94. The first kappa shape index (κ1) is 18.4. The monoisotopic (exact) mass is 391 g/mol. The Morgan fingerprint density at radius 2 is 2.00 bits per heavy atom. The fraction of sp³-hybridized carbons (Fsp3) is 0.421. The number of ether oxygens (including phenoxy) is 1. The van der Waals surface area contributed by atoms with Gasteiger partial charge >= 0.3 is 5.97 Å². The number of carboxylic acid groups (broad SMARTS) is 1. The Bertz CT molecular complexity index is 939. The van der Waals surface area contributed by atoms with Crippen LogP contribution in [0.15, 0.2) is 24.3 Å². The molecule has 7 nitrogen and oxygen atoms in total.